The Labute approximate surface area is 126 Å². The molecule has 0 radical (unpaired) electrons. The van der Waals surface area contributed by atoms with Gasteiger partial charge in [-0.05, 0) is 30.7 Å². The Morgan fingerprint density at radius 2 is 1.85 bits per heavy atom. The second kappa shape index (κ2) is 7.00. The molecule has 104 valence electrons. The number of anilines is 2. The van der Waals surface area contributed by atoms with Crippen molar-refractivity contribution in [2.24, 2.45) is 0 Å². The summed E-state index contributed by atoms with van der Waals surface area (Å²) < 4.78 is 1.01. The summed E-state index contributed by atoms with van der Waals surface area (Å²) in [6, 6.07) is 7.68. The number of rotatable bonds is 5. The maximum Gasteiger partial charge on any atom is 0.254 e. The van der Waals surface area contributed by atoms with Gasteiger partial charge in [-0.25, -0.2) is 9.97 Å². The van der Waals surface area contributed by atoms with Crippen molar-refractivity contribution in [1.82, 2.24) is 15.3 Å². The van der Waals surface area contributed by atoms with Crippen molar-refractivity contribution in [3.63, 3.8) is 0 Å². The van der Waals surface area contributed by atoms with E-state index in [9.17, 15) is 4.79 Å². The zero-order chi connectivity index (χ0) is 14.4. The highest BCUT2D eigenvalue weighted by atomic mass is 79.9. The van der Waals surface area contributed by atoms with Crippen LogP contribution in [0.25, 0.3) is 0 Å². The fourth-order valence-electron chi connectivity index (χ4n) is 1.51. The number of benzene rings is 1. The lowest BCUT2D eigenvalue weighted by Crippen LogP contribution is -2.24. The van der Waals surface area contributed by atoms with Gasteiger partial charge in [0, 0.05) is 29.1 Å². The SMILES string of the molecule is CCCNC(=O)c1cnc(Nc2ccc(Br)cc2)nc1. The van der Waals surface area contributed by atoms with Crippen LogP contribution in [0.5, 0.6) is 0 Å². The summed E-state index contributed by atoms with van der Waals surface area (Å²) in [6.45, 7) is 2.65. The molecule has 6 heteroatoms. The second-order valence-electron chi connectivity index (χ2n) is 4.18. The molecule has 1 aromatic heterocycles. The van der Waals surface area contributed by atoms with E-state index in [1.54, 1.807) is 0 Å². The zero-order valence-corrected chi connectivity index (χ0v) is 12.6. The largest absolute Gasteiger partial charge is 0.352 e. The monoisotopic (exact) mass is 334 g/mol. The Morgan fingerprint density at radius 3 is 2.45 bits per heavy atom. The van der Waals surface area contributed by atoms with Crippen LogP contribution in [-0.4, -0.2) is 22.4 Å². The fourth-order valence-corrected chi connectivity index (χ4v) is 1.78. The molecule has 0 aliphatic heterocycles. The highest BCUT2D eigenvalue weighted by Gasteiger charge is 2.06. The highest BCUT2D eigenvalue weighted by Crippen LogP contribution is 2.16. The lowest BCUT2D eigenvalue weighted by atomic mass is 10.3. The second-order valence-corrected chi connectivity index (χ2v) is 5.10. The predicted molar refractivity (Wildman–Crippen MR) is 82.1 cm³/mol. The molecule has 0 aliphatic carbocycles. The molecule has 0 bridgehead atoms. The molecule has 2 N–H and O–H groups in total. The summed E-state index contributed by atoms with van der Waals surface area (Å²) in [5.41, 5.74) is 1.34. The van der Waals surface area contributed by atoms with Crippen molar-refractivity contribution in [2.45, 2.75) is 13.3 Å². The van der Waals surface area contributed by atoms with Gasteiger partial charge in [0.1, 0.15) is 0 Å². The Bertz CT molecular complexity index is 569. The van der Waals surface area contributed by atoms with E-state index in [2.05, 4.69) is 36.5 Å². The van der Waals surface area contributed by atoms with Gasteiger partial charge in [0.25, 0.3) is 5.91 Å². The van der Waals surface area contributed by atoms with Crippen molar-refractivity contribution in [2.75, 3.05) is 11.9 Å². The lowest BCUT2D eigenvalue weighted by Gasteiger charge is -2.06. The maximum absolute atomic E-state index is 11.7. The van der Waals surface area contributed by atoms with E-state index in [-0.39, 0.29) is 5.91 Å². The lowest BCUT2D eigenvalue weighted by molar-refractivity contribution is 0.0953. The van der Waals surface area contributed by atoms with E-state index >= 15 is 0 Å². The first kappa shape index (κ1) is 14.5. The fraction of sp³-hybridized carbons (Fsp3) is 0.214. The topological polar surface area (TPSA) is 66.9 Å². The first-order chi connectivity index (χ1) is 9.69. The van der Waals surface area contributed by atoms with Gasteiger partial charge in [-0.2, -0.15) is 0 Å². The van der Waals surface area contributed by atoms with Crippen molar-refractivity contribution < 1.29 is 4.79 Å². The molecule has 2 aromatic rings. The normalized spacial score (nSPS) is 10.1. The molecule has 1 aromatic carbocycles. The molecule has 1 amide bonds. The predicted octanol–water partition coefficient (Wildman–Crippen LogP) is 3.12. The van der Waals surface area contributed by atoms with E-state index < -0.39 is 0 Å². The summed E-state index contributed by atoms with van der Waals surface area (Å²) in [4.78, 5) is 20.0. The van der Waals surface area contributed by atoms with Gasteiger partial charge in [0.2, 0.25) is 5.95 Å². The number of amides is 1. The number of aromatic nitrogens is 2. The highest BCUT2D eigenvalue weighted by molar-refractivity contribution is 9.10. The van der Waals surface area contributed by atoms with Crippen LogP contribution in [0.4, 0.5) is 11.6 Å². The maximum atomic E-state index is 11.7. The average Bonchev–Trinajstić information content (AvgIpc) is 2.48. The van der Waals surface area contributed by atoms with E-state index in [1.807, 2.05) is 31.2 Å². The van der Waals surface area contributed by atoms with Gasteiger partial charge >= 0.3 is 0 Å². The molecule has 0 fully saturated rings. The van der Waals surface area contributed by atoms with E-state index in [0.29, 0.717) is 18.1 Å². The Morgan fingerprint density at radius 1 is 1.20 bits per heavy atom. The first-order valence-corrected chi connectivity index (χ1v) is 7.11. The minimum Gasteiger partial charge on any atom is -0.352 e. The third kappa shape index (κ3) is 4.03. The van der Waals surface area contributed by atoms with Crippen LogP contribution in [0.2, 0.25) is 0 Å². The van der Waals surface area contributed by atoms with Gasteiger partial charge in [0.15, 0.2) is 0 Å². The molecule has 0 saturated carbocycles. The molecule has 0 atom stereocenters. The van der Waals surface area contributed by atoms with Gasteiger partial charge in [0.05, 0.1) is 5.56 Å². The van der Waals surface area contributed by atoms with E-state index in [0.717, 1.165) is 16.6 Å². The van der Waals surface area contributed by atoms with Gasteiger partial charge in [-0.3, -0.25) is 4.79 Å². The van der Waals surface area contributed by atoms with Crippen molar-refractivity contribution >= 4 is 33.5 Å². The number of hydrogen-bond acceptors (Lipinski definition) is 4. The Balaban J connectivity index is 2.01. The number of halogens is 1. The molecule has 0 unspecified atom stereocenters. The minimum absolute atomic E-state index is 0.151. The third-order valence-corrected chi connectivity index (χ3v) is 3.08. The van der Waals surface area contributed by atoms with Crippen LogP contribution in [0.3, 0.4) is 0 Å². The zero-order valence-electron chi connectivity index (χ0n) is 11.1. The molecule has 0 aliphatic rings. The van der Waals surface area contributed by atoms with Crippen molar-refractivity contribution in [3.05, 3.63) is 46.7 Å². The molecule has 0 saturated heterocycles. The molecule has 0 spiro atoms. The van der Waals surface area contributed by atoms with Crippen LogP contribution < -0.4 is 10.6 Å². The van der Waals surface area contributed by atoms with Gasteiger partial charge in [-0.15, -0.1) is 0 Å². The summed E-state index contributed by atoms with van der Waals surface area (Å²) in [6.07, 6.45) is 3.92. The average molecular weight is 335 g/mol. The van der Waals surface area contributed by atoms with Crippen LogP contribution in [0, 0.1) is 0 Å². The van der Waals surface area contributed by atoms with Crippen LogP contribution in [0.1, 0.15) is 23.7 Å². The van der Waals surface area contributed by atoms with E-state index in [1.165, 1.54) is 12.4 Å². The van der Waals surface area contributed by atoms with Gasteiger partial charge in [-0.1, -0.05) is 22.9 Å². The molecular formula is C14H15BrN4O. The summed E-state index contributed by atoms with van der Waals surface area (Å²) in [5.74, 6) is 0.307. The standard InChI is InChI=1S/C14H15BrN4O/c1-2-7-16-13(20)10-8-17-14(18-9-10)19-12-5-3-11(15)4-6-12/h3-6,8-9H,2,7H2,1H3,(H,16,20)(H,17,18,19). The molecule has 5 nitrogen and oxygen atoms in total. The molecule has 1 heterocycles. The molecule has 20 heavy (non-hydrogen) atoms. The smallest absolute Gasteiger partial charge is 0.254 e. The van der Waals surface area contributed by atoms with Crippen LogP contribution in [0.15, 0.2) is 41.1 Å². The Hall–Kier alpha value is -1.95. The van der Waals surface area contributed by atoms with Gasteiger partial charge < -0.3 is 10.6 Å². The third-order valence-electron chi connectivity index (χ3n) is 2.55. The molecule has 2 rings (SSSR count). The van der Waals surface area contributed by atoms with Crippen molar-refractivity contribution in [1.29, 1.82) is 0 Å². The minimum atomic E-state index is -0.151. The number of nitrogens with one attached hydrogen (secondary N) is 2. The number of hydrogen-bond donors (Lipinski definition) is 2. The number of carbonyl (C=O) groups is 1. The van der Waals surface area contributed by atoms with Crippen LogP contribution >= 0.6 is 15.9 Å². The summed E-state index contributed by atoms with van der Waals surface area (Å²) in [7, 11) is 0. The first-order valence-electron chi connectivity index (χ1n) is 6.32. The van der Waals surface area contributed by atoms with Crippen molar-refractivity contribution in [3.8, 4) is 0 Å². The van der Waals surface area contributed by atoms with Crippen LogP contribution in [-0.2, 0) is 0 Å². The van der Waals surface area contributed by atoms with E-state index in [4.69, 9.17) is 0 Å². The summed E-state index contributed by atoms with van der Waals surface area (Å²) >= 11 is 3.37. The number of nitrogens with zero attached hydrogens (tertiary/aromatic N) is 2. The molecular weight excluding hydrogens is 320 g/mol. The quantitative estimate of drug-likeness (QED) is 0.881. The number of carbonyl (C=O) groups excluding carboxylic acids is 1. The summed E-state index contributed by atoms with van der Waals surface area (Å²) in [5, 5.41) is 5.85. The Kier molecular flexibility index (Phi) is 5.06.